The van der Waals surface area contributed by atoms with Gasteiger partial charge in [-0.3, -0.25) is 4.79 Å². The van der Waals surface area contributed by atoms with Gasteiger partial charge in [0.25, 0.3) is 0 Å². The normalized spacial score (nSPS) is 24.6. The van der Waals surface area contributed by atoms with E-state index in [0.29, 0.717) is 6.54 Å². The van der Waals surface area contributed by atoms with Crippen LogP contribution in [0.3, 0.4) is 0 Å². The predicted octanol–water partition coefficient (Wildman–Crippen LogP) is -0.226. The van der Waals surface area contributed by atoms with Crippen molar-refractivity contribution >= 4 is 12.0 Å². The molecule has 1 rings (SSSR count). The third kappa shape index (κ3) is 1.80. The van der Waals surface area contributed by atoms with E-state index < -0.39 is 11.4 Å². The number of urea groups is 1. The number of rotatable bonds is 3. The fraction of sp³-hybridized carbons (Fsp3) is 0.500. The topological polar surface area (TPSA) is 81.4 Å². The fourth-order valence-electron chi connectivity index (χ4n) is 1.13. The number of primary amides is 1. The first-order valence-corrected chi connectivity index (χ1v) is 3.84. The molecule has 5 nitrogen and oxygen atoms in total. The van der Waals surface area contributed by atoms with Crippen molar-refractivity contribution in [2.45, 2.75) is 6.92 Å². The van der Waals surface area contributed by atoms with Crippen LogP contribution in [0.4, 0.5) is 4.79 Å². The molecule has 2 amide bonds. The molecule has 0 unspecified atom stereocenters. The third-order valence-electron chi connectivity index (χ3n) is 2.11. The minimum atomic E-state index is -0.628. The summed E-state index contributed by atoms with van der Waals surface area (Å²) in [5, 5.41) is 2.40. The molecule has 0 aliphatic heterocycles. The second kappa shape index (κ2) is 3.08. The van der Waals surface area contributed by atoms with Gasteiger partial charge < -0.3 is 15.8 Å². The third-order valence-corrected chi connectivity index (χ3v) is 2.11. The molecule has 1 aliphatic rings. The van der Waals surface area contributed by atoms with Gasteiger partial charge in [-0.1, -0.05) is 6.08 Å². The minimum Gasteiger partial charge on any atom is -0.468 e. The Morgan fingerprint density at radius 3 is 2.77 bits per heavy atom. The van der Waals surface area contributed by atoms with Gasteiger partial charge in [0.05, 0.1) is 7.11 Å². The number of nitrogens with two attached hydrogens (primary N) is 1. The summed E-state index contributed by atoms with van der Waals surface area (Å²) < 4.78 is 4.58. The van der Waals surface area contributed by atoms with Crippen molar-refractivity contribution in [2.24, 2.45) is 11.1 Å². The molecule has 1 aliphatic carbocycles. The zero-order chi connectivity index (χ0) is 10.1. The van der Waals surface area contributed by atoms with Gasteiger partial charge in [0.1, 0.15) is 5.41 Å². The van der Waals surface area contributed by atoms with E-state index in [0.717, 1.165) is 5.57 Å². The zero-order valence-corrected chi connectivity index (χ0v) is 7.59. The largest absolute Gasteiger partial charge is 0.468 e. The standard InChI is InChI=1S/C8H12N2O3/c1-8(6(11)13-2)3-5(8)4-10-7(9)12/h3H,4H2,1-2H3,(H3,9,10,12)/t8-/m1/s1. The number of hydrogen-bond donors (Lipinski definition) is 2. The Balaban J connectivity index is 2.39. The van der Waals surface area contributed by atoms with Gasteiger partial charge in [-0.15, -0.1) is 0 Å². The molecule has 0 bridgehead atoms. The number of methoxy groups -OCH3 is 1. The van der Waals surface area contributed by atoms with Crippen LogP contribution in [-0.4, -0.2) is 25.7 Å². The number of carbonyl (C=O) groups is 2. The van der Waals surface area contributed by atoms with Gasteiger partial charge in [-0.2, -0.15) is 0 Å². The first-order valence-electron chi connectivity index (χ1n) is 3.84. The minimum absolute atomic E-state index is 0.306. The lowest BCUT2D eigenvalue weighted by Gasteiger charge is -2.09. The van der Waals surface area contributed by atoms with E-state index in [9.17, 15) is 9.59 Å². The highest BCUT2D eigenvalue weighted by atomic mass is 16.5. The Bertz CT molecular complexity index is 285. The molecule has 0 aromatic rings. The van der Waals surface area contributed by atoms with E-state index >= 15 is 0 Å². The van der Waals surface area contributed by atoms with E-state index in [1.165, 1.54) is 7.11 Å². The van der Waals surface area contributed by atoms with Crippen LogP contribution in [-0.2, 0) is 9.53 Å². The average Bonchev–Trinajstić information content (AvgIpc) is 2.74. The summed E-state index contributed by atoms with van der Waals surface area (Å²) >= 11 is 0. The van der Waals surface area contributed by atoms with Crippen LogP contribution < -0.4 is 11.1 Å². The Morgan fingerprint density at radius 1 is 1.69 bits per heavy atom. The van der Waals surface area contributed by atoms with Crippen LogP contribution in [0, 0.1) is 5.41 Å². The predicted molar refractivity (Wildman–Crippen MR) is 45.8 cm³/mol. The summed E-state index contributed by atoms with van der Waals surface area (Å²) in [7, 11) is 1.33. The smallest absolute Gasteiger partial charge is 0.319 e. The van der Waals surface area contributed by atoms with Crippen LogP contribution in [0.15, 0.2) is 11.6 Å². The Kier molecular flexibility index (Phi) is 2.27. The number of hydrogen-bond acceptors (Lipinski definition) is 3. The number of nitrogens with one attached hydrogen (secondary N) is 1. The van der Waals surface area contributed by atoms with Crippen molar-refractivity contribution in [3.05, 3.63) is 11.6 Å². The van der Waals surface area contributed by atoms with E-state index in [4.69, 9.17) is 5.73 Å². The first-order chi connectivity index (χ1) is 6.00. The summed E-state index contributed by atoms with van der Waals surface area (Å²) in [6.45, 7) is 2.04. The number of amides is 2. The molecule has 5 heteroatoms. The molecule has 0 heterocycles. The molecule has 1 atom stereocenters. The molecule has 13 heavy (non-hydrogen) atoms. The van der Waals surface area contributed by atoms with Gasteiger partial charge in [0, 0.05) is 6.54 Å². The quantitative estimate of drug-likeness (QED) is 0.469. The maximum Gasteiger partial charge on any atom is 0.319 e. The van der Waals surface area contributed by atoms with Crippen LogP contribution in [0.1, 0.15) is 6.92 Å². The summed E-state index contributed by atoms with van der Waals surface area (Å²) in [6, 6.07) is -0.597. The van der Waals surface area contributed by atoms with E-state index in [-0.39, 0.29) is 5.97 Å². The number of ether oxygens (including phenoxy) is 1. The molecule has 0 aromatic carbocycles. The lowest BCUT2D eigenvalue weighted by molar-refractivity contribution is -0.145. The first kappa shape index (κ1) is 9.57. The van der Waals surface area contributed by atoms with Gasteiger partial charge >= 0.3 is 12.0 Å². The molecular formula is C8H12N2O3. The van der Waals surface area contributed by atoms with Crippen LogP contribution >= 0.6 is 0 Å². The SMILES string of the molecule is COC(=O)[C@]1(C)C=C1CNC(N)=O. The summed E-state index contributed by atoms with van der Waals surface area (Å²) in [6.07, 6.45) is 1.74. The molecule has 0 saturated heterocycles. The van der Waals surface area contributed by atoms with Gasteiger partial charge in [-0.05, 0) is 12.5 Å². The van der Waals surface area contributed by atoms with Crippen molar-refractivity contribution in [3.63, 3.8) is 0 Å². The monoisotopic (exact) mass is 184 g/mol. The van der Waals surface area contributed by atoms with Crippen LogP contribution in [0.2, 0.25) is 0 Å². The Labute approximate surface area is 75.9 Å². The average molecular weight is 184 g/mol. The molecular weight excluding hydrogens is 172 g/mol. The van der Waals surface area contributed by atoms with Crippen molar-refractivity contribution in [2.75, 3.05) is 13.7 Å². The number of esters is 1. The summed E-state index contributed by atoms with van der Waals surface area (Å²) in [4.78, 5) is 21.5. The second-order valence-corrected chi connectivity index (χ2v) is 3.08. The Morgan fingerprint density at radius 2 is 2.31 bits per heavy atom. The fourth-order valence-corrected chi connectivity index (χ4v) is 1.13. The van der Waals surface area contributed by atoms with Gasteiger partial charge in [0.2, 0.25) is 0 Å². The summed E-state index contributed by atoms with van der Waals surface area (Å²) in [5.74, 6) is -0.311. The molecule has 72 valence electrons. The molecule has 3 N–H and O–H groups in total. The molecule has 0 saturated carbocycles. The van der Waals surface area contributed by atoms with Crippen molar-refractivity contribution in [1.82, 2.24) is 5.32 Å². The number of carbonyl (C=O) groups excluding carboxylic acids is 2. The zero-order valence-electron chi connectivity index (χ0n) is 7.59. The van der Waals surface area contributed by atoms with E-state index in [1.54, 1.807) is 13.0 Å². The Hall–Kier alpha value is -1.52. The van der Waals surface area contributed by atoms with Crippen molar-refractivity contribution < 1.29 is 14.3 Å². The van der Waals surface area contributed by atoms with Crippen molar-refractivity contribution in [3.8, 4) is 0 Å². The van der Waals surface area contributed by atoms with Crippen molar-refractivity contribution in [1.29, 1.82) is 0 Å². The maximum atomic E-state index is 11.1. The van der Waals surface area contributed by atoms with E-state index in [2.05, 4.69) is 10.1 Å². The van der Waals surface area contributed by atoms with Gasteiger partial charge in [0.15, 0.2) is 0 Å². The van der Waals surface area contributed by atoms with Gasteiger partial charge in [-0.25, -0.2) is 4.79 Å². The maximum absolute atomic E-state index is 11.1. The second-order valence-electron chi connectivity index (χ2n) is 3.08. The van der Waals surface area contributed by atoms with Crippen LogP contribution in [0.25, 0.3) is 0 Å². The highest BCUT2D eigenvalue weighted by Gasteiger charge is 2.47. The lowest BCUT2D eigenvalue weighted by atomic mass is 10.0. The molecule has 0 aromatic heterocycles. The lowest BCUT2D eigenvalue weighted by Crippen LogP contribution is -2.31. The van der Waals surface area contributed by atoms with Crippen LogP contribution in [0.5, 0.6) is 0 Å². The molecule has 0 spiro atoms. The molecule has 0 fully saturated rings. The summed E-state index contributed by atoms with van der Waals surface area (Å²) in [5.41, 5.74) is 5.08. The molecule has 0 radical (unpaired) electrons. The van der Waals surface area contributed by atoms with E-state index in [1.807, 2.05) is 0 Å². The highest BCUT2D eigenvalue weighted by molar-refractivity contribution is 5.88. The highest BCUT2D eigenvalue weighted by Crippen LogP contribution is 2.43.